The zero-order chi connectivity index (χ0) is 22.9. The number of aliphatic hydroxyl groups is 1. The molecule has 5 rings (SSSR count). The topological polar surface area (TPSA) is 111 Å². The molecule has 2 aliphatic rings. The number of anilines is 4. The van der Waals surface area contributed by atoms with Gasteiger partial charge in [-0.2, -0.15) is 5.10 Å². The van der Waals surface area contributed by atoms with Crippen LogP contribution in [0.5, 0.6) is 5.75 Å². The fourth-order valence-electron chi connectivity index (χ4n) is 4.80. The minimum Gasteiger partial charge on any atom is -0.490 e. The van der Waals surface area contributed by atoms with Crippen molar-refractivity contribution >= 4 is 34.9 Å². The van der Waals surface area contributed by atoms with Crippen LogP contribution in [-0.2, 0) is 0 Å². The normalized spacial score (nSPS) is 21.8. The van der Waals surface area contributed by atoms with Gasteiger partial charge in [-0.25, -0.2) is 9.97 Å². The molecule has 1 aromatic carbocycles. The first kappa shape index (κ1) is 21.8. The Hall–Kier alpha value is -2.98. The van der Waals surface area contributed by atoms with Crippen molar-refractivity contribution in [3.8, 4) is 5.75 Å². The zero-order valence-corrected chi connectivity index (χ0v) is 19.8. The molecule has 0 amide bonds. The number of aryl methyl sites for hydroxylation is 1. The number of aliphatic hydroxyl groups excluding tert-OH is 1. The van der Waals surface area contributed by atoms with Crippen LogP contribution in [0.1, 0.15) is 31.4 Å². The molecule has 0 saturated carbocycles. The Balaban J connectivity index is 1.55. The second-order valence-corrected chi connectivity index (χ2v) is 9.61. The van der Waals surface area contributed by atoms with E-state index in [2.05, 4.69) is 37.9 Å². The van der Waals surface area contributed by atoms with Gasteiger partial charge in [-0.1, -0.05) is 0 Å². The Morgan fingerprint density at radius 3 is 2.48 bits per heavy atom. The van der Waals surface area contributed by atoms with Gasteiger partial charge in [0.25, 0.3) is 0 Å². The number of benzene rings is 1. The van der Waals surface area contributed by atoms with Crippen molar-refractivity contribution in [3.05, 3.63) is 36.0 Å². The highest BCUT2D eigenvalue weighted by Crippen LogP contribution is 2.45. The Morgan fingerprint density at radius 1 is 1.15 bits per heavy atom. The highest BCUT2D eigenvalue weighted by molar-refractivity contribution is 7.99. The summed E-state index contributed by atoms with van der Waals surface area (Å²) in [6, 6.07) is 10.6. The van der Waals surface area contributed by atoms with Gasteiger partial charge in [-0.15, -0.1) is 0 Å². The molecule has 4 N–H and O–H groups in total. The summed E-state index contributed by atoms with van der Waals surface area (Å²) in [6.45, 7) is 1.95. The van der Waals surface area contributed by atoms with Gasteiger partial charge in [-0.05, 0) is 68.6 Å². The largest absolute Gasteiger partial charge is 0.490 e. The number of hydrogen-bond acceptors (Lipinski definition) is 9. The number of fused-ring (bicyclic) bond motifs is 2. The van der Waals surface area contributed by atoms with Crippen LogP contribution in [0.2, 0.25) is 0 Å². The highest BCUT2D eigenvalue weighted by Gasteiger charge is 2.42. The van der Waals surface area contributed by atoms with Crippen LogP contribution >= 0.6 is 11.8 Å². The lowest BCUT2D eigenvalue weighted by molar-refractivity contribution is 0.125. The molecule has 33 heavy (non-hydrogen) atoms. The average Bonchev–Trinajstić information content (AvgIpc) is 3.33. The maximum Gasteiger partial charge on any atom is 0.204 e. The smallest absolute Gasteiger partial charge is 0.204 e. The first-order chi connectivity index (χ1) is 16.0. The van der Waals surface area contributed by atoms with Crippen LogP contribution in [-0.4, -0.2) is 57.6 Å². The monoisotopic (exact) mass is 467 g/mol. The summed E-state index contributed by atoms with van der Waals surface area (Å²) in [6.07, 6.45) is 3.34. The SMILES string of the molecule is CNc1ccc(Sc2nc(Nc3cc(C)[nH]n3)c(OC)c(N3C4CCC3CC(O)C4)n2)cc1. The molecule has 2 atom stereocenters. The predicted molar refractivity (Wildman–Crippen MR) is 130 cm³/mol. The number of methoxy groups -OCH3 is 1. The van der Waals surface area contributed by atoms with E-state index >= 15 is 0 Å². The first-order valence-electron chi connectivity index (χ1n) is 11.2. The van der Waals surface area contributed by atoms with Gasteiger partial charge < -0.3 is 25.4 Å². The van der Waals surface area contributed by atoms with E-state index in [1.807, 2.05) is 32.2 Å². The van der Waals surface area contributed by atoms with Crippen LogP contribution in [0.4, 0.5) is 23.1 Å². The van der Waals surface area contributed by atoms with Gasteiger partial charge in [0.2, 0.25) is 5.75 Å². The number of H-pyrrole nitrogens is 1. The lowest BCUT2D eigenvalue weighted by atomic mass is 10.00. The lowest BCUT2D eigenvalue weighted by Gasteiger charge is -2.38. The molecule has 2 aliphatic heterocycles. The molecule has 2 bridgehead atoms. The number of hydrogen-bond donors (Lipinski definition) is 4. The van der Waals surface area contributed by atoms with E-state index in [-0.39, 0.29) is 18.2 Å². The second-order valence-electron chi connectivity index (χ2n) is 8.57. The standard InChI is InChI=1S/C23H29N7O2S/c1-13-10-19(29-28-13)25-21-20(32-3)22(30-15-6-7-16(30)12-17(31)11-15)27-23(26-21)33-18-8-4-14(24-2)5-9-18/h4-5,8-10,15-17,24,31H,6-7,11-12H2,1-3H3,(H2,25,26,27,28,29). The molecule has 0 radical (unpaired) electrons. The molecule has 3 aromatic rings. The van der Waals surface area contributed by atoms with Crippen molar-refractivity contribution in [1.29, 1.82) is 0 Å². The Labute approximate surface area is 197 Å². The van der Waals surface area contributed by atoms with Gasteiger partial charge in [0, 0.05) is 41.5 Å². The second kappa shape index (κ2) is 9.11. The summed E-state index contributed by atoms with van der Waals surface area (Å²) < 4.78 is 5.85. The summed E-state index contributed by atoms with van der Waals surface area (Å²) in [5.74, 6) is 2.62. The zero-order valence-electron chi connectivity index (χ0n) is 19.0. The Kier molecular flexibility index (Phi) is 6.03. The fraction of sp³-hybridized carbons (Fsp3) is 0.435. The molecule has 4 heterocycles. The van der Waals surface area contributed by atoms with E-state index in [0.717, 1.165) is 47.8 Å². The number of aromatic amines is 1. The Morgan fingerprint density at radius 2 is 1.88 bits per heavy atom. The average molecular weight is 468 g/mol. The van der Waals surface area contributed by atoms with Crippen molar-refractivity contribution in [2.45, 2.75) is 60.8 Å². The van der Waals surface area contributed by atoms with Crippen LogP contribution in [0, 0.1) is 6.92 Å². The van der Waals surface area contributed by atoms with Crippen LogP contribution in [0.15, 0.2) is 40.4 Å². The summed E-state index contributed by atoms with van der Waals surface area (Å²) in [7, 11) is 3.55. The molecular weight excluding hydrogens is 438 g/mol. The fourth-order valence-corrected chi connectivity index (χ4v) is 5.56. The van der Waals surface area contributed by atoms with Crippen LogP contribution in [0.3, 0.4) is 0 Å². The number of nitrogens with one attached hydrogen (secondary N) is 3. The molecule has 2 unspecified atom stereocenters. The van der Waals surface area contributed by atoms with Gasteiger partial charge in [0.15, 0.2) is 22.6 Å². The molecule has 2 saturated heterocycles. The van der Waals surface area contributed by atoms with Crippen molar-refractivity contribution in [2.24, 2.45) is 0 Å². The van der Waals surface area contributed by atoms with Gasteiger partial charge in [0.05, 0.1) is 13.2 Å². The molecule has 9 nitrogen and oxygen atoms in total. The van der Waals surface area contributed by atoms with E-state index in [1.54, 1.807) is 7.11 Å². The first-order valence-corrected chi connectivity index (χ1v) is 12.0. The summed E-state index contributed by atoms with van der Waals surface area (Å²) in [5, 5.41) is 24.6. The van der Waals surface area contributed by atoms with E-state index in [0.29, 0.717) is 22.5 Å². The van der Waals surface area contributed by atoms with Crippen molar-refractivity contribution in [3.63, 3.8) is 0 Å². The van der Waals surface area contributed by atoms with Crippen LogP contribution < -0.4 is 20.3 Å². The third-order valence-electron chi connectivity index (χ3n) is 6.29. The highest BCUT2D eigenvalue weighted by atomic mass is 32.2. The van der Waals surface area contributed by atoms with Gasteiger partial charge >= 0.3 is 0 Å². The van der Waals surface area contributed by atoms with Crippen molar-refractivity contribution in [1.82, 2.24) is 20.2 Å². The maximum absolute atomic E-state index is 10.3. The van der Waals surface area contributed by atoms with E-state index in [1.165, 1.54) is 11.8 Å². The van der Waals surface area contributed by atoms with Gasteiger partial charge in [-0.3, -0.25) is 5.10 Å². The Bertz CT molecular complexity index is 1110. The number of nitrogens with zero attached hydrogens (tertiary/aromatic N) is 4. The van der Waals surface area contributed by atoms with Crippen molar-refractivity contribution < 1.29 is 9.84 Å². The van der Waals surface area contributed by atoms with Crippen LogP contribution in [0.25, 0.3) is 0 Å². The van der Waals surface area contributed by atoms with Crippen molar-refractivity contribution in [2.75, 3.05) is 29.7 Å². The quantitative estimate of drug-likeness (QED) is 0.384. The maximum atomic E-state index is 10.3. The molecule has 0 spiro atoms. The van der Waals surface area contributed by atoms with E-state index < -0.39 is 0 Å². The molecule has 10 heteroatoms. The summed E-state index contributed by atoms with van der Waals surface area (Å²) >= 11 is 1.51. The number of piperidine rings is 1. The third kappa shape index (κ3) is 4.45. The summed E-state index contributed by atoms with van der Waals surface area (Å²) in [4.78, 5) is 13.1. The van der Waals surface area contributed by atoms with Gasteiger partial charge in [0.1, 0.15) is 0 Å². The minimum atomic E-state index is -0.254. The molecular formula is C23H29N7O2S. The third-order valence-corrected chi connectivity index (χ3v) is 7.16. The summed E-state index contributed by atoms with van der Waals surface area (Å²) in [5.41, 5.74) is 2.00. The molecule has 2 fully saturated rings. The van der Waals surface area contributed by atoms with E-state index in [4.69, 9.17) is 14.7 Å². The molecule has 174 valence electrons. The molecule has 2 aromatic heterocycles. The lowest BCUT2D eigenvalue weighted by Crippen LogP contribution is -2.45. The molecule has 0 aliphatic carbocycles. The number of rotatable bonds is 7. The van der Waals surface area contributed by atoms with E-state index in [9.17, 15) is 5.11 Å². The predicted octanol–water partition coefficient (Wildman–Crippen LogP) is 3.95. The number of aromatic nitrogens is 4. The number of ether oxygens (including phenoxy) is 1. The minimum absolute atomic E-state index is 0.246.